The molecule has 0 aromatic heterocycles. The second-order valence-electron chi connectivity index (χ2n) is 2.06. The predicted octanol–water partition coefficient (Wildman–Crippen LogP) is -2.88. The molecule has 1 fully saturated rings. The number of rotatable bonds is 0. The van der Waals surface area contributed by atoms with E-state index >= 15 is 0 Å². The van der Waals surface area contributed by atoms with Crippen LogP contribution in [0.5, 0.6) is 0 Å². The van der Waals surface area contributed by atoms with Gasteiger partial charge >= 0.3 is 23.1 Å². The van der Waals surface area contributed by atoms with Crippen LogP contribution in [-0.2, 0) is 0 Å². The maximum Gasteiger partial charge on any atom is 2.00 e. The molecular formula is C6H10BrMgO+. The van der Waals surface area contributed by atoms with Crippen LogP contribution in [0.3, 0.4) is 0 Å². The van der Waals surface area contributed by atoms with Gasteiger partial charge in [0.1, 0.15) is 0 Å². The summed E-state index contributed by atoms with van der Waals surface area (Å²) in [5, 5.41) is 10.5. The minimum Gasteiger partial charge on any atom is -1.00 e. The average molecular weight is 202 g/mol. The Morgan fingerprint density at radius 3 is 2.22 bits per heavy atom. The maximum absolute atomic E-state index is 10.5. The van der Waals surface area contributed by atoms with Gasteiger partial charge in [-0.2, -0.15) is 0 Å². The standard InChI is InChI=1S/C6H10O.BrH.Mg/c7-6-4-2-1-3-5-6;;/h4,6H,1-3,5H2;1H;/q;;+2/p-1. The molecule has 9 heavy (non-hydrogen) atoms. The van der Waals surface area contributed by atoms with Crippen LogP contribution in [0.25, 0.3) is 0 Å². The van der Waals surface area contributed by atoms with Crippen molar-refractivity contribution in [3.63, 3.8) is 0 Å². The molecule has 0 saturated heterocycles. The topological polar surface area (TPSA) is 23.1 Å². The first-order chi connectivity index (χ1) is 3.39. The zero-order valence-corrected chi connectivity index (χ0v) is 8.48. The molecule has 0 bridgehead atoms. The summed E-state index contributed by atoms with van der Waals surface area (Å²) in [4.78, 5) is 0. The monoisotopic (exact) mass is 201 g/mol. The van der Waals surface area contributed by atoms with E-state index < -0.39 is 0 Å². The largest absolute Gasteiger partial charge is 2.00 e. The summed E-state index contributed by atoms with van der Waals surface area (Å²) in [6, 6.07) is 0. The fourth-order valence-corrected chi connectivity index (χ4v) is 0.911. The molecule has 1 nitrogen and oxygen atoms in total. The summed E-state index contributed by atoms with van der Waals surface area (Å²) < 4.78 is 0. The van der Waals surface area contributed by atoms with Gasteiger partial charge in [0.15, 0.2) is 0 Å². The third-order valence-electron chi connectivity index (χ3n) is 1.37. The van der Waals surface area contributed by atoms with E-state index in [1.165, 1.54) is 6.42 Å². The van der Waals surface area contributed by atoms with Gasteiger partial charge in [-0.3, -0.25) is 0 Å². The molecule has 0 N–H and O–H groups in total. The Morgan fingerprint density at radius 2 is 2.00 bits per heavy atom. The Morgan fingerprint density at radius 1 is 1.33 bits per heavy atom. The van der Waals surface area contributed by atoms with Crippen LogP contribution < -0.4 is 22.1 Å². The van der Waals surface area contributed by atoms with Crippen molar-refractivity contribution < 1.29 is 22.1 Å². The molecule has 0 radical (unpaired) electrons. The first kappa shape index (κ1) is 12.7. The minimum atomic E-state index is -0.339. The van der Waals surface area contributed by atoms with Gasteiger partial charge in [-0.25, -0.2) is 0 Å². The van der Waals surface area contributed by atoms with Gasteiger partial charge in [0.05, 0.1) is 12.8 Å². The van der Waals surface area contributed by atoms with Crippen molar-refractivity contribution in [3.8, 4) is 0 Å². The minimum absolute atomic E-state index is 0. The van der Waals surface area contributed by atoms with Crippen molar-refractivity contribution in [2.75, 3.05) is 0 Å². The van der Waals surface area contributed by atoms with E-state index in [-0.39, 0.29) is 46.1 Å². The molecule has 1 aliphatic rings. The maximum atomic E-state index is 10.5. The Balaban J connectivity index is 0. The molecule has 1 aliphatic carbocycles. The molecule has 0 amide bonds. The van der Waals surface area contributed by atoms with E-state index in [1.54, 1.807) is 0 Å². The Hall–Kier alpha value is 1.08. The van der Waals surface area contributed by atoms with Crippen LogP contribution in [0.4, 0.5) is 0 Å². The Labute approximate surface area is 83.1 Å². The third-order valence-corrected chi connectivity index (χ3v) is 1.37. The molecule has 0 spiro atoms. The molecule has 0 heterocycles. The van der Waals surface area contributed by atoms with Gasteiger partial charge < -0.3 is 22.1 Å². The second-order valence-corrected chi connectivity index (χ2v) is 2.06. The smallest absolute Gasteiger partial charge is 1.00 e. The van der Waals surface area contributed by atoms with E-state index in [4.69, 9.17) is 0 Å². The average Bonchev–Trinajstić information content (AvgIpc) is 1.69. The van der Waals surface area contributed by atoms with Crippen LogP contribution in [0.2, 0.25) is 0 Å². The zero-order valence-electron chi connectivity index (χ0n) is 5.48. The fraction of sp³-hybridized carbons (Fsp3) is 0.833. The number of hydrogen-bond acceptors (Lipinski definition) is 1. The molecule has 1 unspecified atom stereocenters. The quantitative estimate of drug-likeness (QED) is 0.306. The van der Waals surface area contributed by atoms with E-state index in [2.05, 4.69) is 0 Å². The molecule has 1 saturated carbocycles. The van der Waals surface area contributed by atoms with Gasteiger partial charge in [-0.05, 0) is 19.3 Å². The van der Waals surface area contributed by atoms with Gasteiger partial charge in [0, 0.05) is 6.10 Å². The Kier molecular flexibility index (Phi) is 10.2. The summed E-state index contributed by atoms with van der Waals surface area (Å²) in [5.74, 6) is 0. The molecule has 0 aliphatic heterocycles. The van der Waals surface area contributed by atoms with Crippen LogP contribution >= 0.6 is 0 Å². The second kappa shape index (κ2) is 7.19. The van der Waals surface area contributed by atoms with Crippen molar-refractivity contribution >= 4 is 23.1 Å². The van der Waals surface area contributed by atoms with Crippen molar-refractivity contribution in [2.45, 2.75) is 31.8 Å². The predicted molar refractivity (Wildman–Crippen MR) is 32.3 cm³/mol. The third kappa shape index (κ3) is 5.52. The molecule has 3 heteroatoms. The van der Waals surface area contributed by atoms with Crippen LogP contribution in [0.15, 0.2) is 0 Å². The van der Waals surface area contributed by atoms with Crippen molar-refractivity contribution in [3.05, 3.63) is 6.42 Å². The van der Waals surface area contributed by atoms with Gasteiger partial charge in [0.25, 0.3) is 0 Å². The van der Waals surface area contributed by atoms with E-state index in [9.17, 15) is 5.11 Å². The molecule has 1 atom stereocenters. The number of hydrogen-bond donors (Lipinski definition) is 0. The normalized spacial score (nSPS) is 24.8. The van der Waals surface area contributed by atoms with Crippen LogP contribution in [0.1, 0.15) is 25.7 Å². The Bertz CT molecular complexity index is 55.0. The van der Waals surface area contributed by atoms with Gasteiger partial charge in [0.2, 0.25) is 0 Å². The summed E-state index contributed by atoms with van der Waals surface area (Å²) in [6.45, 7) is 0. The summed E-state index contributed by atoms with van der Waals surface area (Å²) in [7, 11) is 0. The van der Waals surface area contributed by atoms with Crippen molar-refractivity contribution in [1.29, 1.82) is 0 Å². The number of halogens is 1. The van der Waals surface area contributed by atoms with Crippen LogP contribution in [0, 0.1) is 6.42 Å². The summed E-state index contributed by atoms with van der Waals surface area (Å²) >= 11 is 0. The van der Waals surface area contributed by atoms with Crippen LogP contribution in [-0.4, -0.2) is 29.2 Å². The van der Waals surface area contributed by atoms with E-state index in [1.807, 2.05) is 6.42 Å². The van der Waals surface area contributed by atoms with E-state index in [0.717, 1.165) is 19.3 Å². The fourth-order valence-electron chi connectivity index (χ4n) is 0.911. The molecule has 0 aromatic carbocycles. The molecule has 0 aromatic rings. The first-order valence-electron chi connectivity index (χ1n) is 2.89. The van der Waals surface area contributed by atoms with Crippen molar-refractivity contribution in [2.24, 2.45) is 0 Å². The molecule has 1 rings (SSSR count). The first-order valence-corrected chi connectivity index (χ1v) is 2.89. The van der Waals surface area contributed by atoms with Crippen molar-refractivity contribution in [1.82, 2.24) is 0 Å². The molecular weight excluding hydrogens is 192 g/mol. The molecule has 48 valence electrons. The van der Waals surface area contributed by atoms with Gasteiger partial charge in [-0.1, -0.05) is 0 Å². The summed E-state index contributed by atoms with van der Waals surface area (Å²) in [6.07, 6.45) is 5.84. The van der Waals surface area contributed by atoms with E-state index in [0.29, 0.717) is 0 Å². The zero-order chi connectivity index (χ0) is 5.11. The summed E-state index contributed by atoms with van der Waals surface area (Å²) in [5.41, 5.74) is 0. The SMILES string of the molecule is [Br-].[Mg+2].[O-]C1[CH+]CCCC1. The van der Waals surface area contributed by atoms with Gasteiger partial charge in [-0.15, -0.1) is 0 Å².